The molecule has 4 heteroatoms. The summed E-state index contributed by atoms with van der Waals surface area (Å²) in [6, 6.07) is -0.318. The van der Waals surface area contributed by atoms with E-state index in [2.05, 4.69) is 5.32 Å². The minimum Gasteiger partial charge on any atom is -0.319 e. The number of amides is 1. The molecule has 0 aromatic heterocycles. The summed E-state index contributed by atoms with van der Waals surface area (Å²) in [7, 11) is 0. The Labute approximate surface area is 78.3 Å². The highest BCUT2D eigenvalue weighted by Crippen LogP contribution is 2.17. The van der Waals surface area contributed by atoms with Gasteiger partial charge in [0.2, 0.25) is 5.91 Å². The van der Waals surface area contributed by atoms with Crippen molar-refractivity contribution in [3.8, 4) is 0 Å². The van der Waals surface area contributed by atoms with Gasteiger partial charge < -0.3 is 4.90 Å². The second-order valence-electron chi connectivity index (χ2n) is 4.02. The maximum absolute atomic E-state index is 11.7. The highest BCUT2D eigenvalue weighted by molar-refractivity contribution is 5.92. The molecule has 0 bridgehead atoms. The number of Topliss-reactive ketones (excluding diaryl/α,β-unsaturated/α-hetero) is 1. The van der Waals surface area contributed by atoms with Crippen LogP contribution in [-0.4, -0.2) is 34.8 Å². The summed E-state index contributed by atoms with van der Waals surface area (Å²) < 4.78 is 0. The van der Waals surface area contributed by atoms with Crippen LogP contribution in [0.1, 0.15) is 27.7 Å². The lowest BCUT2D eigenvalue weighted by atomic mass is 10.1. The lowest BCUT2D eigenvalue weighted by molar-refractivity contribution is -0.137. The van der Waals surface area contributed by atoms with Gasteiger partial charge in [0.25, 0.3) is 0 Å². The molecule has 1 aliphatic rings. The minimum absolute atomic E-state index is 0.00444. The van der Waals surface area contributed by atoms with Crippen molar-refractivity contribution >= 4 is 11.7 Å². The number of hydrogen-bond acceptors (Lipinski definition) is 3. The van der Waals surface area contributed by atoms with Crippen LogP contribution in [0.25, 0.3) is 0 Å². The Balaban J connectivity index is 2.76. The summed E-state index contributed by atoms with van der Waals surface area (Å²) >= 11 is 0. The van der Waals surface area contributed by atoms with Crippen LogP contribution in [0, 0.1) is 0 Å². The van der Waals surface area contributed by atoms with Gasteiger partial charge in [0.05, 0.1) is 18.2 Å². The van der Waals surface area contributed by atoms with Gasteiger partial charge in [-0.2, -0.15) is 0 Å². The Kier molecular flexibility index (Phi) is 2.43. The molecular formula is C9H16N2O2. The van der Waals surface area contributed by atoms with Crippen molar-refractivity contribution in [2.75, 3.05) is 6.67 Å². The Morgan fingerprint density at radius 2 is 2.15 bits per heavy atom. The van der Waals surface area contributed by atoms with Crippen molar-refractivity contribution in [2.24, 2.45) is 0 Å². The van der Waals surface area contributed by atoms with Crippen LogP contribution in [0.4, 0.5) is 0 Å². The van der Waals surface area contributed by atoms with Gasteiger partial charge >= 0.3 is 0 Å². The smallest absolute Gasteiger partial charge is 0.243 e. The van der Waals surface area contributed by atoms with Gasteiger partial charge in [-0.05, 0) is 27.7 Å². The Bertz CT molecular complexity index is 248. The molecular weight excluding hydrogens is 168 g/mol. The van der Waals surface area contributed by atoms with E-state index in [0.29, 0.717) is 6.67 Å². The third-order valence-corrected chi connectivity index (χ3v) is 2.54. The third-order valence-electron chi connectivity index (χ3n) is 2.54. The Morgan fingerprint density at radius 1 is 1.62 bits per heavy atom. The molecule has 1 saturated heterocycles. The molecule has 74 valence electrons. The largest absolute Gasteiger partial charge is 0.319 e. The van der Waals surface area contributed by atoms with Crippen LogP contribution in [0.5, 0.6) is 0 Å². The second kappa shape index (κ2) is 3.10. The summed E-state index contributed by atoms with van der Waals surface area (Å²) in [5.41, 5.74) is -0.524. The summed E-state index contributed by atoms with van der Waals surface area (Å²) in [4.78, 5) is 24.3. The van der Waals surface area contributed by atoms with E-state index in [1.165, 1.54) is 6.92 Å². The van der Waals surface area contributed by atoms with E-state index >= 15 is 0 Å². The molecule has 1 fully saturated rings. The van der Waals surface area contributed by atoms with E-state index < -0.39 is 5.54 Å². The van der Waals surface area contributed by atoms with Crippen molar-refractivity contribution in [1.82, 2.24) is 10.2 Å². The molecule has 0 saturated carbocycles. The van der Waals surface area contributed by atoms with Crippen molar-refractivity contribution < 1.29 is 9.59 Å². The molecule has 13 heavy (non-hydrogen) atoms. The van der Waals surface area contributed by atoms with Crippen LogP contribution in [-0.2, 0) is 9.59 Å². The number of nitrogens with zero attached hydrogens (tertiary/aromatic N) is 1. The zero-order valence-electron chi connectivity index (χ0n) is 8.55. The van der Waals surface area contributed by atoms with Gasteiger partial charge in [-0.3, -0.25) is 14.9 Å². The Morgan fingerprint density at radius 3 is 2.46 bits per heavy atom. The summed E-state index contributed by atoms with van der Waals surface area (Å²) in [5, 5.41) is 3.06. The maximum Gasteiger partial charge on any atom is 0.243 e. The molecule has 0 aromatic rings. The number of nitrogens with one attached hydrogen (secondary N) is 1. The molecule has 1 rings (SSSR count). The third kappa shape index (κ3) is 1.72. The van der Waals surface area contributed by atoms with Gasteiger partial charge in [-0.25, -0.2) is 0 Å². The van der Waals surface area contributed by atoms with E-state index in [0.717, 1.165) is 0 Å². The van der Waals surface area contributed by atoms with Crippen LogP contribution in [0.3, 0.4) is 0 Å². The summed E-state index contributed by atoms with van der Waals surface area (Å²) in [6.07, 6.45) is 0. The fraction of sp³-hybridized carbons (Fsp3) is 0.778. The van der Waals surface area contributed by atoms with Crippen LogP contribution < -0.4 is 5.32 Å². The van der Waals surface area contributed by atoms with Crippen LogP contribution in [0.15, 0.2) is 0 Å². The van der Waals surface area contributed by atoms with Crippen molar-refractivity contribution in [2.45, 2.75) is 39.3 Å². The first-order chi connectivity index (χ1) is 5.86. The van der Waals surface area contributed by atoms with Gasteiger partial charge in [-0.15, -0.1) is 0 Å². The number of carbonyl (C=O) groups excluding carboxylic acids is 2. The molecule has 1 N–H and O–H groups in total. The van der Waals surface area contributed by atoms with Crippen LogP contribution >= 0.6 is 0 Å². The quantitative estimate of drug-likeness (QED) is 0.663. The molecule has 1 unspecified atom stereocenters. The first-order valence-corrected chi connectivity index (χ1v) is 4.43. The molecule has 1 atom stereocenters. The topological polar surface area (TPSA) is 49.4 Å². The second-order valence-corrected chi connectivity index (χ2v) is 4.02. The zero-order chi connectivity index (χ0) is 10.2. The molecule has 0 spiro atoms. The van der Waals surface area contributed by atoms with E-state index in [1.54, 1.807) is 11.8 Å². The molecule has 0 radical (unpaired) electrons. The van der Waals surface area contributed by atoms with E-state index in [1.807, 2.05) is 13.8 Å². The highest BCUT2D eigenvalue weighted by Gasteiger charge is 2.40. The fourth-order valence-electron chi connectivity index (χ4n) is 1.32. The Hall–Kier alpha value is -0.900. The zero-order valence-corrected chi connectivity index (χ0v) is 8.55. The molecule has 1 amide bonds. The van der Waals surface area contributed by atoms with Gasteiger partial charge in [0.15, 0.2) is 5.78 Å². The average molecular weight is 184 g/mol. The number of hydrogen-bond donors (Lipinski definition) is 1. The van der Waals surface area contributed by atoms with Crippen molar-refractivity contribution in [3.63, 3.8) is 0 Å². The predicted octanol–water partition coefficient (Wildman–Crippen LogP) is 0.132. The first kappa shape index (κ1) is 10.2. The first-order valence-electron chi connectivity index (χ1n) is 4.43. The standard InChI is InChI=1S/C9H16N2O2/c1-6(7(2)12)11-5-10-9(3,4)8(11)13/h6,10H,5H2,1-4H3. The molecule has 0 aliphatic carbocycles. The monoisotopic (exact) mass is 184 g/mol. The lowest BCUT2D eigenvalue weighted by Crippen LogP contribution is -2.44. The maximum atomic E-state index is 11.7. The number of carbonyl (C=O) groups is 2. The SMILES string of the molecule is CC(=O)C(C)N1CNC(C)(C)C1=O. The van der Waals surface area contributed by atoms with Crippen molar-refractivity contribution in [3.05, 3.63) is 0 Å². The molecule has 1 aliphatic heterocycles. The van der Waals surface area contributed by atoms with Crippen LogP contribution in [0.2, 0.25) is 0 Å². The normalized spacial score (nSPS) is 23.4. The van der Waals surface area contributed by atoms with E-state index in [4.69, 9.17) is 0 Å². The van der Waals surface area contributed by atoms with E-state index in [-0.39, 0.29) is 17.7 Å². The molecule has 0 aromatic carbocycles. The van der Waals surface area contributed by atoms with Gasteiger partial charge in [0, 0.05) is 0 Å². The van der Waals surface area contributed by atoms with E-state index in [9.17, 15) is 9.59 Å². The number of rotatable bonds is 2. The highest BCUT2D eigenvalue weighted by atomic mass is 16.2. The predicted molar refractivity (Wildman–Crippen MR) is 49.1 cm³/mol. The average Bonchev–Trinajstić information content (AvgIpc) is 2.27. The molecule has 4 nitrogen and oxygen atoms in total. The lowest BCUT2D eigenvalue weighted by Gasteiger charge is -2.22. The molecule has 1 heterocycles. The van der Waals surface area contributed by atoms with Crippen molar-refractivity contribution in [1.29, 1.82) is 0 Å². The number of ketones is 1. The summed E-state index contributed by atoms with van der Waals surface area (Å²) in [5.74, 6) is 0.0167. The van der Waals surface area contributed by atoms with Gasteiger partial charge in [-0.1, -0.05) is 0 Å². The minimum atomic E-state index is -0.524. The fourth-order valence-corrected chi connectivity index (χ4v) is 1.32. The van der Waals surface area contributed by atoms with Gasteiger partial charge in [0.1, 0.15) is 0 Å². The summed E-state index contributed by atoms with van der Waals surface area (Å²) in [6.45, 7) is 7.36.